The monoisotopic (exact) mass is 388 g/mol. The maximum Gasteiger partial charge on any atom is 0.225 e. The second-order valence-electron chi connectivity index (χ2n) is 6.30. The Hall–Kier alpha value is -2.37. The zero-order valence-electron chi connectivity index (χ0n) is 15.7. The van der Waals surface area contributed by atoms with Gasteiger partial charge in [0.25, 0.3) is 0 Å². The van der Waals surface area contributed by atoms with Crippen molar-refractivity contribution in [3.8, 4) is 0 Å². The summed E-state index contributed by atoms with van der Waals surface area (Å²) in [5, 5.41) is 3.47. The summed E-state index contributed by atoms with van der Waals surface area (Å²) < 4.78 is 5.15. The van der Waals surface area contributed by atoms with Crippen LogP contribution in [0.15, 0.2) is 54.6 Å². The lowest BCUT2D eigenvalue weighted by atomic mass is 10.0. The number of halogens is 1. The Morgan fingerprint density at radius 2 is 1.78 bits per heavy atom. The van der Waals surface area contributed by atoms with Crippen molar-refractivity contribution < 1.29 is 14.3 Å². The predicted octanol–water partition coefficient (Wildman–Crippen LogP) is 3.58. The molecule has 27 heavy (non-hydrogen) atoms. The van der Waals surface area contributed by atoms with Crippen molar-refractivity contribution in [3.05, 3.63) is 70.7 Å². The molecule has 0 bridgehead atoms. The minimum Gasteiger partial charge on any atom is -0.383 e. The maximum atomic E-state index is 13.0. The summed E-state index contributed by atoms with van der Waals surface area (Å²) in [7, 11) is 1.61. The topological polar surface area (TPSA) is 58.6 Å². The fourth-order valence-electron chi connectivity index (χ4n) is 2.79. The summed E-state index contributed by atoms with van der Waals surface area (Å²) in [4.78, 5) is 26.4. The highest BCUT2D eigenvalue weighted by Gasteiger charge is 2.21. The Kier molecular flexibility index (Phi) is 8.30. The lowest BCUT2D eigenvalue weighted by Crippen LogP contribution is -2.37. The van der Waals surface area contributed by atoms with Crippen LogP contribution in [0.5, 0.6) is 0 Å². The Morgan fingerprint density at radius 1 is 1.11 bits per heavy atom. The smallest absolute Gasteiger partial charge is 0.225 e. The third-order valence-corrected chi connectivity index (χ3v) is 4.41. The highest BCUT2D eigenvalue weighted by atomic mass is 35.5. The average molecular weight is 389 g/mol. The second-order valence-corrected chi connectivity index (χ2v) is 6.74. The number of hydrogen-bond donors (Lipinski definition) is 1. The van der Waals surface area contributed by atoms with Gasteiger partial charge >= 0.3 is 0 Å². The van der Waals surface area contributed by atoms with Gasteiger partial charge < -0.3 is 15.0 Å². The van der Waals surface area contributed by atoms with Crippen LogP contribution in [0.3, 0.4) is 0 Å². The summed E-state index contributed by atoms with van der Waals surface area (Å²) in [6.07, 6.45) is 0.164. The molecule has 1 unspecified atom stereocenters. The van der Waals surface area contributed by atoms with Crippen molar-refractivity contribution in [2.45, 2.75) is 25.9 Å². The Bertz CT molecular complexity index is 735. The molecule has 0 radical (unpaired) electrons. The minimum absolute atomic E-state index is 0.0513. The van der Waals surface area contributed by atoms with E-state index in [1.165, 1.54) is 6.92 Å². The normalized spacial score (nSPS) is 11.7. The summed E-state index contributed by atoms with van der Waals surface area (Å²) in [6.45, 7) is 2.87. The molecular formula is C21H25ClN2O3. The average Bonchev–Trinajstić information content (AvgIpc) is 2.65. The molecule has 144 valence electrons. The van der Waals surface area contributed by atoms with E-state index in [-0.39, 0.29) is 18.2 Å². The SMILES string of the molecule is COCCN(Cc1ccccc1)C(=O)CC(NC(C)=O)c1ccc(Cl)cc1. The summed E-state index contributed by atoms with van der Waals surface area (Å²) in [5.41, 5.74) is 1.89. The van der Waals surface area contributed by atoms with Crippen LogP contribution in [0.2, 0.25) is 5.02 Å². The molecule has 2 rings (SSSR count). The van der Waals surface area contributed by atoms with Gasteiger partial charge in [-0.25, -0.2) is 0 Å². The molecular weight excluding hydrogens is 364 g/mol. The molecule has 0 aliphatic rings. The fraction of sp³-hybridized carbons (Fsp3) is 0.333. The maximum absolute atomic E-state index is 13.0. The quantitative estimate of drug-likeness (QED) is 0.714. The molecule has 1 atom stereocenters. The summed E-state index contributed by atoms with van der Waals surface area (Å²) >= 11 is 5.95. The summed E-state index contributed by atoms with van der Waals surface area (Å²) in [6, 6.07) is 16.6. The number of carbonyl (C=O) groups excluding carboxylic acids is 2. The number of ether oxygens (including phenoxy) is 1. The van der Waals surface area contributed by atoms with Crippen molar-refractivity contribution in [2.24, 2.45) is 0 Å². The minimum atomic E-state index is -0.409. The number of nitrogens with zero attached hydrogens (tertiary/aromatic N) is 1. The van der Waals surface area contributed by atoms with E-state index < -0.39 is 6.04 Å². The highest BCUT2D eigenvalue weighted by molar-refractivity contribution is 6.30. The zero-order valence-corrected chi connectivity index (χ0v) is 16.4. The van der Waals surface area contributed by atoms with E-state index in [0.717, 1.165) is 11.1 Å². The summed E-state index contributed by atoms with van der Waals surface area (Å²) in [5.74, 6) is -0.237. The van der Waals surface area contributed by atoms with Crippen molar-refractivity contribution in [1.29, 1.82) is 0 Å². The number of methoxy groups -OCH3 is 1. The molecule has 0 aliphatic heterocycles. The molecule has 0 heterocycles. The third kappa shape index (κ3) is 7.04. The van der Waals surface area contributed by atoms with E-state index >= 15 is 0 Å². The molecule has 0 aliphatic carbocycles. The third-order valence-electron chi connectivity index (χ3n) is 4.16. The highest BCUT2D eigenvalue weighted by Crippen LogP contribution is 2.21. The fourth-order valence-corrected chi connectivity index (χ4v) is 2.92. The first kappa shape index (κ1) is 20.9. The zero-order chi connectivity index (χ0) is 19.6. The van der Waals surface area contributed by atoms with Crippen molar-refractivity contribution in [2.75, 3.05) is 20.3 Å². The number of rotatable bonds is 9. The van der Waals surface area contributed by atoms with E-state index in [0.29, 0.717) is 24.7 Å². The van der Waals surface area contributed by atoms with E-state index in [1.54, 1.807) is 24.1 Å². The van der Waals surface area contributed by atoms with Gasteiger partial charge in [0.15, 0.2) is 0 Å². The molecule has 2 aromatic carbocycles. The first-order chi connectivity index (χ1) is 13.0. The lowest BCUT2D eigenvalue weighted by molar-refractivity contribution is -0.133. The predicted molar refractivity (Wildman–Crippen MR) is 106 cm³/mol. The van der Waals surface area contributed by atoms with Gasteiger partial charge in [-0.1, -0.05) is 54.1 Å². The molecule has 0 saturated carbocycles. The first-order valence-electron chi connectivity index (χ1n) is 8.82. The van der Waals surface area contributed by atoms with Gasteiger partial charge in [0.05, 0.1) is 19.1 Å². The molecule has 0 saturated heterocycles. The number of nitrogens with one attached hydrogen (secondary N) is 1. The van der Waals surface area contributed by atoms with Gasteiger partial charge in [-0.05, 0) is 23.3 Å². The van der Waals surface area contributed by atoms with Gasteiger partial charge in [0.2, 0.25) is 11.8 Å². The van der Waals surface area contributed by atoms with Gasteiger partial charge in [0.1, 0.15) is 0 Å². The van der Waals surface area contributed by atoms with Crippen LogP contribution in [0.1, 0.15) is 30.5 Å². The van der Waals surface area contributed by atoms with Crippen LogP contribution in [-0.4, -0.2) is 37.0 Å². The Balaban J connectivity index is 2.14. The molecule has 0 fully saturated rings. The number of hydrogen-bond acceptors (Lipinski definition) is 3. The number of amides is 2. The molecule has 0 aromatic heterocycles. The standard InChI is InChI=1S/C21H25ClN2O3/c1-16(25)23-20(18-8-10-19(22)11-9-18)14-21(26)24(12-13-27-2)15-17-6-4-3-5-7-17/h3-11,20H,12-15H2,1-2H3,(H,23,25). The van der Waals surface area contributed by atoms with Crippen LogP contribution >= 0.6 is 11.6 Å². The largest absolute Gasteiger partial charge is 0.383 e. The van der Waals surface area contributed by atoms with Crippen molar-refractivity contribution in [1.82, 2.24) is 10.2 Å². The lowest BCUT2D eigenvalue weighted by Gasteiger charge is -2.26. The second kappa shape index (κ2) is 10.7. The molecule has 5 nitrogen and oxygen atoms in total. The van der Waals surface area contributed by atoms with Crippen LogP contribution < -0.4 is 5.32 Å². The molecule has 1 N–H and O–H groups in total. The van der Waals surface area contributed by atoms with Gasteiger partial charge in [-0.2, -0.15) is 0 Å². The van der Waals surface area contributed by atoms with Crippen LogP contribution in [-0.2, 0) is 20.9 Å². The van der Waals surface area contributed by atoms with Crippen molar-refractivity contribution >= 4 is 23.4 Å². The molecule has 0 spiro atoms. The molecule has 6 heteroatoms. The first-order valence-corrected chi connectivity index (χ1v) is 9.20. The molecule has 2 aromatic rings. The van der Waals surface area contributed by atoms with E-state index in [9.17, 15) is 9.59 Å². The van der Waals surface area contributed by atoms with Gasteiger partial charge in [0, 0.05) is 32.1 Å². The van der Waals surface area contributed by atoms with E-state index in [4.69, 9.17) is 16.3 Å². The van der Waals surface area contributed by atoms with E-state index in [1.807, 2.05) is 42.5 Å². The number of benzene rings is 2. The number of carbonyl (C=O) groups is 2. The molecule has 2 amide bonds. The van der Waals surface area contributed by atoms with Crippen LogP contribution in [0, 0.1) is 0 Å². The van der Waals surface area contributed by atoms with Crippen LogP contribution in [0.25, 0.3) is 0 Å². The van der Waals surface area contributed by atoms with E-state index in [2.05, 4.69) is 5.32 Å². The Labute approximate surface area is 165 Å². The van der Waals surface area contributed by atoms with Gasteiger partial charge in [-0.15, -0.1) is 0 Å². The van der Waals surface area contributed by atoms with Crippen molar-refractivity contribution in [3.63, 3.8) is 0 Å². The van der Waals surface area contributed by atoms with Gasteiger partial charge in [-0.3, -0.25) is 9.59 Å². The Morgan fingerprint density at radius 3 is 2.37 bits per heavy atom. The van der Waals surface area contributed by atoms with Crippen LogP contribution in [0.4, 0.5) is 0 Å².